The van der Waals surface area contributed by atoms with E-state index in [1.54, 1.807) is 7.11 Å². The van der Waals surface area contributed by atoms with Crippen LogP contribution in [0.5, 0.6) is 5.75 Å². The summed E-state index contributed by atoms with van der Waals surface area (Å²) >= 11 is 0. The molecule has 2 N–H and O–H groups in total. The molecule has 308 valence electrons. The molecule has 9 atom stereocenters. The Morgan fingerprint density at radius 2 is 1.79 bits per heavy atom. The molecule has 1 saturated heterocycles. The van der Waals surface area contributed by atoms with Gasteiger partial charge in [-0.25, -0.2) is 4.79 Å². The van der Waals surface area contributed by atoms with Crippen molar-refractivity contribution in [2.75, 3.05) is 59.5 Å². The molecular formula is C45H54N4O9. The first-order valence-corrected chi connectivity index (χ1v) is 20.5. The van der Waals surface area contributed by atoms with Crippen molar-refractivity contribution in [1.82, 2.24) is 9.88 Å². The number of hydrogen-bond acceptors (Lipinski definition) is 11. The number of anilines is 1. The maximum atomic E-state index is 15.2. The molecule has 58 heavy (non-hydrogen) atoms. The highest BCUT2D eigenvalue weighted by molar-refractivity contribution is 5.95. The van der Waals surface area contributed by atoms with Crippen LogP contribution in [-0.2, 0) is 46.0 Å². The van der Waals surface area contributed by atoms with E-state index < -0.39 is 56.5 Å². The lowest BCUT2D eigenvalue weighted by Gasteiger charge is -2.63. The highest BCUT2D eigenvalue weighted by Crippen LogP contribution is 2.68. The van der Waals surface area contributed by atoms with E-state index in [-0.39, 0.29) is 24.9 Å². The second-order valence-electron chi connectivity index (χ2n) is 17.6. The van der Waals surface area contributed by atoms with Crippen molar-refractivity contribution in [3.05, 3.63) is 87.8 Å². The zero-order valence-corrected chi connectivity index (χ0v) is 34.4. The van der Waals surface area contributed by atoms with E-state index in [0.717, 1.165) is 39.7 Å². The average Bonchev–Trinajstić information content (AvgIpc) is 3.86. The second kappa shape index (κ2) is 13.2. The quantitative estimate of drug-likeness (QED) is 0.112. The Morgan fingerprint density at radius 3 is 2.48 bits per heavy atom. The lowest BCUT2D eigenvalue weighted by Crippen LogP contribution is -2.81. The molecule has 5 aliphatic heterocycles. The van der Waals surface area contributed by atoms with E-state index >= 15 is 4.79 Å². The molecule has 9 rings (SSSR count). The number of aliphatic hydroxyl groups is 1. The molecule has 6 aliphatic rings. The third kappa shape index (κ3) is 4.81. The molecule has 1 aromatic heterocycles. The van der Waals surface area contributed by atoms with Crippen LogP contribution in [-0.4, -0.2) is 116 Å². The van der Waals surface area contributed by atoms with Gasteiger partial charge in [-0.05, 0) is 55.5 Å². The van der Waals surface area contributed by atoms with Crippen LogP contribution in [0.4, 0.5) is 5.69 Å². The van der Waals surface area contributed by atoms with Gasteiger partial charge in [-0.2, -0.15) is 0 Å². The summed E-state index contributed by atoms with van der Waals surface area (Å²) in [4.78, 5) is 50.5. The number of H-pyrrole nitrogens is 1. The number of rotatable bonds is 7. The van der Waals surface area contributed by atoms with E-state index in [2.05, 4.69) is 29.0 Å². The topological polar surface area (TPSA) is 154 Å². The molecular weight excluding hydrogens is 741 g/mol. The standard InChI is InChI=1S/C45H54N4O9/c1-8-27-19-28-22-44(40(51)56-6,36-30(25-49(54,23-27)24-28)29-13-10-11-14-33(29)46-36)32-20-31-34(21-35(32)55-5)47(4)38-43(31)16-18-48-17-12-15-42(9-2,37(43)48)39(58-26(3)50)45(38,53)41(52)57-7/h10-15,19-21,28,37-39,46,53H,8-9,16-18,22-25H2,1-7H3/t28-,37-,38+,39+,42+,43+,44-,45?,49-/m0/s1. The van der Waals surface area contributed by atoms with Gasteiger partial charge in [0.05, 0.1) is 33.9 Å². The van der Waals surface area contributed by atoms with Crippen molar-refractivity contribution in [1.29, 1.82) is 0 Å². The number of nitrogens with one attached hydrogen (secondary N) is 1. The van der Waals surface area contributed by atoms with Crippen LogP contribution in [0.25, 0.3) is 10.9 Å². The molecule has 2 fully saturated rings. The Labute approximate surface area is 338 Å². The number of esters is 3. The fourth-order valence-electron chi connectivity index (χ4n) is 13.1. The number of quaternary nitrogens is 1. The summed E-state index contributed by atoms with van der Waals surface area (Å²) in [7, 11) is 6.08. The van der Waals surface area contributed by atoms with Crippen LogP contribution >= 0.6 is 0 Å². The number of carbonyl (C=O) groups excluding carboxylic acids is 3. The molecule has 6 heterocycles. The molecule has 1 unspecified atom stereocenters. The number of hydroxylamine groups is 3. The van der Waals surface area contributed by atoms with E-state index in [4.69, 9.17) is 18.9 Å². The zero-order valence-electron chi connectivity index (χ0n) is 34.4. The predicted molar refractivity (Wildman–Crippen MR) is 216 cm³/mol. The van der Waals surface area contributed by atoms with Crippen molar-refractivity contribution in [2.24, 2.45) is 11.3 Å². The third-order valence-corrected chi connectivity index (χ3v) is 15.0. The minimum atomic E-state index is -2.31. The predicted octanol–water partition coefficient (Wildman–Crippen LogP) is 4.77. The van der Waals surface area contributed by atoms with Gasteiger partial charge >= 0.3 is 17.9 Å². The summed E-state index contributed by atoms with van der Waals surface area (Å²) in [5, 5.41) is 29.0. The maximum Gasteiger partial charge on any atom is 0.344 e. The molecule has 1 saturated carbocycles. The summed E-state index contributed by atoms with van der Waals surface area (Å²) in [6, 6.07) is 10.6. The van der Waals surface area contributed by atoms with Crippen LogP contribution in [0.15, 0.2) is 60.2 Å². The number of ether oxygens (including phenoxy) is 4. The number of likely N-dealkylation sites (N-methyl/N-ethyl adjacent to an activating group) is 1. The third-order valence-electron chi connectivity index (χ3n) is 15.0. The summed E-state index contributed by atoms with van der Waals surface area (Å²) < 4.78 is 23.4. The summed E-state index contributed by atoms with van der Waals surface area (Å²) in [5.41, 5.74) is -0.280. The van der Waals surface area contributed by atoms with Crippen molar-refractivity contribution in [3.63, 3.8) is 0 Å². The first-order valence-electron chi connectivity index (χ1n) is 20.5. The van der Waals surface area contributed by atoms with Crippen LogP contribution in [0.2, 0.25) is 0 Å². The smallest absolute Gasteiger partial charge is 0.344 e. The van der Waals surface area contributed by atoms with Gasteiger partial charge in [-0.15, -0.1) is 0 Å². The Kier molecular flexibility index (Phi) is 8.80. The molecule has 2 aromatic carbocycles. The van der Waals surface area contributed by atoms with Gasteiger partial charge < -0.3 is 43.8 Å². The van der Waals surface area contributed by atoms with Gasteiger partial charge in [0.2, 0.25) is 5.60 Å². The Morgan fingerprint density at radius 1 is 1.03 bits per heavy atom. The number of fused-ring (bicyclic) bond motifs is 6. The van der Waals surface area contributed by atoms with Crippen molar-refractivity contribution < 1.29 is 43.1 Å². The first-order chi connectivity index (χ1) is 27.7. The van der Waals surface area contributed by atoms with E-state index in [9.17, 15) is 19.9 Å². The average molecular weight is 795 g/mol. The summed E-state index contributed by atoms with van der Waals surface area (Å²) in [5.74, 6) is -1.83. The Hall–Kier alpha value is -4.69. The van der Waals surface area contributed by atoms with Crippen LogP contribution < -0.4 is 9.64 Å². The summed E-state index contributed by atoms with van der Waals surface area (Å²) in [6.07, 6.45) is 6.98. The number of methoxy groups -OCH3 is 3. The van der Waals surface area contributed by atoms with Crippen LogP contribution in [0, 0.1) is 16.5 Å². The SMILES string of the molecule is CCC1=C[C@H]2C[C@](C(=O)OC)(c3cc4c(cc3OC)N(C)[C@H]3C(O)(C(=O)OC)[C@H](OC(C)=O)[C@]5(CC)C=CCN6CC[C@]43[C@@H]65)c3[nH]c4ccccc4c3C[N@+]([O-])(C1)C2. The number of para-hydroxylation sites is 1. The number of aromatic amines is 1. The number of benzene rings is 2. The molecule has 13 heteroatoms. The molecule has 0 radical (unpaired) electrons. The highest BCUT2D eigenvalue weighted by Gasteiger charge is 2.80. The van der Waals surface area contributed by atoms with Crippen molar-refractivity contribution in [2.45, 2.75) is 87.6 Å². The van der Waals surface area contributed by atoms with E-state index in [0.29, 0.717) is 56.0 Å². The lowest BCUT2D eigenvalue weighted by molar-refractivity contribution is -0.894. The number of hydrogen-bond donors (Lipinski definition) is 2. The molecule has 1 spiro atoms. The largest absolute Gasteiger partial charge is 0.632 e. The van der Waals surface area contributed by atoms with E-state index in [1.807, 2.05) is 61.4 Å². The second-order valence-corrected chi connectivity index (χ2v) is 17.6. The van der Waals surface area contributed by atoms with E-state index in [1.165, 1.54) is 21.1 Å². The molecule has 1 aliphatic carbocycles. The highest BCUT2D eigenvalue weighted by atomic mass is 16.6. The van der Waals surface area contributed by atoms with Gasteiger partial charge in [-0.1, -0.05) is 50.3 Å². The number of carbonyl (C=O) groups is 3. The van der Waals surface area contributed by atoms with Gasteiger partial charge in [0, 0.05) is 82.8 Å². The normalized spacial score (nSPS) is 35.8. The monoisotopic (exact) mass is 794 g/mol. The van der Waals surface area contributed by atoms with Crippen LogP contribution in [0.3, 0.4) is 0 Å². The Balaban J connectivity index is 1.38. The van der Waals surface area contributed by atoms with Crippen molar-refractivity contribution in [3.8, 4) is 5.75 Å². The van der Waals surface area contributed by atoms with Crippen molar-refractivity contribution >= 4 is 34.5 Å². The Bertz CT molecular complexity index is 2300. The zero-order chi connectivity index (χ0) is 41.2. The maximum absolute atomic E-state index is 15.2. The van der Waals surface area contributed by atoms with Gasteiger partial charge in [0.1, 0.15) is 24.3 Å². The van der Waals surface area contributed by atoms with Crippen LogP contribution in [0.1, 0.15) is 68.8 Å². The number of nitrogens with zero attached hydrogens (tertiary/aromatic N) is 3. The number of aromatic nitrogens is 1. The first kappa shape index (κ1) is 38.8. The fraction of sp³-hybridized carbons (Fsp3) is 0.533. The molecule has 13 nitrogen and oxygen atoms in total. The fourth-order valence-corrected chi connectivity index (χ4v) is 13.1. The minimum Gasteiger partial charge on any atom is -0.632 e. The minimum absolute atomic E-state index is 0.167. The molecule has 2 bridgehead atoms. The molecule has 3 aromatic rings. The molecule has 0 amide bonds. The lowest BCUT2D eigenvalue weighted by atomic mass is 9.47. The summed E-state index contributed by atoms with van der Waals surface area (Å²) in [6.45, 7) is 7.51. The van der Waals surface area contributed by atoms with Gasteiger partial charge in [0.25, 0.3) is 0 Å². The van der Waals surface area contributed by atoms with Gasteiger partial charge in [0.15, 0.2) is 6.10 Å². The van der Waals surface area contributed by atoms with Gasteiger partial charge in [-0.3, -0.25) is 14.5 Å².